The number of aliphatic hydroxyl groups is 1. The molecule has 2 heterocycles. The lowest BCUT2D eigenvalue weighted by atomic mass is 9.98. The van der Waals surface area contributed by atoms with Crippen LogP contribution in [0.1, 0.15) is 43.6 Å². The van der Waals surface area contributed by atoms with Crippen molar-refractivity contribution in [2.45, 2.75) is 52.6 Å². The predicted molar refractivity (Wildman–Crippen MR) is 96.6 cm³/mol. The SMILES string of the molecule is CCCC(C)(CO)NC(=O)NCc1ccc(-n2nc(C)cc2C)nc1. The maximum absolute atomic E-state index is 12.0. The van der Waals surface area contributed by atoms with Crippen LogP contribution in [0.25, 0.3) is 5.82 Å². The molecule has 0 aromatic carbocycles. The van der Waals surface area contributed by atoms with Crippen LogP contribution < -0.4 is 10.6 Å². The summed E-state index contributed by atoms with van der Waals surface area (Å²) in [5.41, 5.74) is 2.26. The van der Waals surface area contributed by atoms with E-state index in [9.17, 15) is 9.90 Å². The van der Waals surface area contributed by atoms with E-state index in [1.165, 1.54) is 0 Å². The molecule has 0 aliphatic rings. The topological polar surface area (TPSA) is 92.1 Å². The van der Waals surface area contributed by atoms with Crippen molar-refractivity contribution in [3.8, 4) is 5.82 Å². The second-order valence-electron chi connectivity index (χ2n) is 6.64. The van der Waals surface area contributed by atoms with Crippen molar-refractivity contribution in [3.63, 3.8) is 0 Å². The van der Waals surface area contributed by atoms with E-state index in [-0.39, 0.29) is 12.6 Å². The molecule has 0 bridgehead atoms. The second kappa shape index (κ2) is 8.11. The number of urea groups is 1. The van der Waals surface area contributed by atoms with E-state index in [2.05, 4.69) is 20.7 Å². The van der Waals surface area contributed by atoms with Crippen molar-refractivity contribution in [1.82, 2.24) is 25.4 Å². The van der Waals surface area contributed by atoms with Crippen LogP contribution in [0.5, 0.6) is 0 Å². The average molecular weight is 345 g/mol. The molecule has 2 aromatic heterocycles. The van der Waals surface area contributed by atoms with Crippen LogP contribution >= 0.6 is 0 Å². The number of rotatable bonds is 7. The van der Waals surface area contributed by atoms with Gasteiger partial charge in [0.2, 0.25) is 0 Å². The zero-order chi connectivity index (χ0) is 18.4. The number of aliphatic hydroxyl groups excluding tert-OH is 1. The molecule has 7 nitrogen and oxygen atoms in total. The molecule has 0 radical (unpaired) electrons. The van der Waals surface area contributed by atoms with Gasteiger partial charge in [-0.25, -0.2) is 14.5 Å². The largest absolute Gasteiger partial charge is 0.394 e. The Hall–Kier alpha value is -2.41. The van der Waals surface area contributed by atoms with E-state index in [0.717, 1.165) is 35.6 Å². The number of hydrogen-bond acceptors (Lipinski definition) is 4. The van der Waals surface area contributed by atoms with Crippen molar-refractivity contribution < 1.29 is 9.90 Å². The van der Waals surface area contributed by atoms with Gasteiger partial charge in [0, 0.05) is 18.4 Å². The maximum atomic E-state index is 12.0. The first kappa shape index (κ1) is 18.9. The van der Waals surface area contributed by atoms with Crippen molar-refractivity contribution in [1.29, 1.82) is 0 Å². The van der Waals surface area contributed by atoms with E-state index in [0.29, 0.717) is 6.54 Å². The van der Waals surface area contributed by atoms with Gasteiger partial charge in [-0.1, -0.05) is 19.4 Å². The highest BCUT2D eigenvalue weighted by Gasteiger charge is 2.24. The van der Waals surface area contributed by atoms with Gasteiger partial charge in [0.25, 0.3) is 0 Å². The summed E-state index contributed by atoms with van der Waals surface area (Å²) in [5, 5.41) is 19.5. The molecule has 2 aromatic rings. The Kier molecular flexibility index (Phi) is 6.14. The summed E-state index contributed by atoms with van der Waals surface area (Å²) in [6, 6.07) is 5.49. The third kappa shape index (κ3) is 5.03. The summed E-state index contributed by atoms with van der Waals surface area (Å²) in [6.07, 6.45) is 3.33. The number of pyridine rings is 1. The fraction of sp³-hybridized carbons (Fsp3) is 0.500. The minimum atomic E-state index is -0.601. The van der Waals surface area contributed by atoms with Crippen LogP contribution in [0.2, 0.25) is 0 Å². The fourth-order valence-corrected chi connectivity index (χ4v) is 2.74. The van der Waals surface area contributed by atoms with E-state index >= 15 is 0 Å². The van der Waals surface area contributed by atoms with Gasteiger partial charge in [0.15, 0.2) is 5.82 Å². The van der Waals surface area contributed by atoms with Gasteiger partial charge < -0.3 is 15.7 Å². The number of nitrogens with one attached hydrogen (secondary N) is 2. The van der Waals surface area contributed by atoms with E-state index in [4.69, 9.17) is 0 Å². The monoisotopic (exact) mass is 345 g/mol. The molecule has 3 N–H and O–H groups in total. The molecule has 136 valence electrons. The van der Waals surface area contributed by atoms with Crippen LogP contribution in [0.15, 0.2) is 24.4 Å². The van der Waals surface area contributed by atoms with Gasteiger partial charge >= 0.3 is 6.03 Å². The molecule has 1 unspecified atom stereocenters. The Labute approximate surface area is 148 Å². The van der Waals surface area contributed by atoms with Crippen molar-refractivity contribution in [2.75, 3.05) is 6.61 Å². The number of aryl methyl sites for hydroxylation is 2. The lowest BCUT2D eigenvalue weighted by Gasteiger charge is -2.28. The van der Waals surface area contributed by atoms with Crippen LogP contribution in [-0.4, -0.2) is 38.0 Å². The number of hydrogen-bond donors (Lipinski definition) is 3. The molecule has 0 aliphatic carbocycles. The Morgan fingerprint density at radius 3 is 2.64 bits per heavy atom. The smallest absolute Gasteiger partial charge is 0.315 e. The quantitative estimate of drug-likeness (QED) is 0.717. The molecule has 0 saturated carbocycles. The molecule has 7 heteroatoms. The Morgan fingerprint density at radius 1 is 1.36 bits per heavy atom. The average Bonchev–Trinajstić information content (AvgIpc) is 2.92. The van der Waals surface area contributed by atoms with Gasteiger partial charge in [-0.2, -0.15) is 5.10 Å². The highest BCUT2D eigenvalue weighted by molar-refractivity contribution is 5.74. The van der Waals surface area contributed by atoms with Crippen LogP contribution in [0.4, 0.5) is 4.79 Å². The van der Waals surface area contributed by atoms with Gasteiger partial charge in [0.1, 0.15) is 0 Å². The fourth-order valence-electron chi connectivity index (χ4n) is 2.74. The zero-order valence-corrected chi connectivity index (χ0v) is 15.3. The number of carbonyl (C=O) groups is 1. The summed E-state index contributed by atoms with van der Waals surface area (Å²) < 4.78 is 1.79. The molecule has 2 amide bonds. The molecule has 0 spiro atoms. The maximum Gasteiger partial charge on any atom is 0.315 e. The van der Waals surface area contributed by atoms with E-state index in [1.807, 2.05) is 45.9 Å². The van der Waals surface area contributed by atoms with Crippen LogP contribution in [0, 0.1) is 13.8 Å². The van der Waals surface area contributed by atoms with Crippen LogP contribution in [0.3, 0.4) is 0 Å². The lowest BCUT2D eigenvalue weighted by molar-refractivity contribution is 0.163. The van der Waals surface area contributed by atoms with E-state index in [1.54, 1.807) is 10.9 Å². The second-order valence-corrected chi connectivity index (χ2v) is 6.64. The number of nitrogens with zero attached hydrogens (tertiary/aromatic N) is 3. The van der Waals surface area contributed by atoms with E-state index < -0.39 is 5.54 Å². The summed E-state index contributed by atoms with van der Waals surface area (Å²) >= 11 is 0. The lowest BCUT2D eigenvalue weighted by Crippen LogP contribution is -2.52. The summed E-state index contributed by atoms with van der Waals surface area (Å²) in [5.74, 6) is 0.745. The Morgan fingerprint density at radius 2 is 2.12 bits per heavy atom. The summed E-state index contributed by atoms with van der Waals surface area (Å²) in [6.45, 7) is 8.05. The van der Waals surface area contributed by atoms with Crippen molar-refractivity contribution >= 4 is 6.03 Å². The summed E-state index contributed by atoms with van der Waals surface area (Å²) in [4.78, 5) is 16.4. The van der Waals surface area contributed by atoms with Crippen LogP contribution in [-0.2, 0) is 6.54 Å². The molecule has 0 aliphatic heterocycles. The highest BCUT2D eigenvalue weighted by Crippen LogP contribution is 2.12. The van der Waals surface area contributed by atoms with Gasteiger partial charge in [-0.15, -0.1) is 0 Å². The summed E-state index contributed by atoms with van der Waals surface area (Å²) in [7, 11) is 0. The number of carbonyl (C=O) groups excluding carboxylic acids is 1. The molecule has 2 rings (SSSR count). The minimum absolute atomic E-state index is 0.0901. The highest BCUT2D eigenvalue weighted by atomic mass is 16.3. The molecular formula is C18H27N5O2. The number of aromatic nitrogens is 3. The molecule has 0 fully saturated rings. The standard InChI is InChI=1S/C18H27N5O2/c1-5-8-18(4,12-24)21-17(25)20-11-15-6-7-16(19-10-15)23-14(3)9-13(2)22-23/h6-7,9-10,24H,5,8,11-12H2,1-4H3,(H2,20,21,25). The first-order valence-electron chi connectivity index (χ1n) is 8.52. The van der Waals surface area contributed by atoms with Crippen molar-refractivity contribution in [3.05, 3.63) is 41.3 Å². The molecule has 1 atom stereocenters. The molecule has 25 heavy (non-hydrogen) atoms. The van der Waals surface area contributed by atoms with Gasteiger partial charge in [0.05, 0.1) is 17.8 Å². The predicted octanol–water partition coefficient (Wildman–Crippen LogP) is 2.23. The van der Waals surface area contributed by atoms with Gasteiger partial charge in [-0.05, 0) is 44.9 Å². The van der Waals surface area contributed by atoms with Gasteiger partial charge in [-0.3, -0.25) is 0 Å². The minimum Gasteiger partial charge on any atom is -0.394 e. The number of amides is 2. The molecule has 0 saturated heterocycles. The third-order valence-electron chi connectivity index (χ3n) is 4.05. The Bertz CT molecular complexity index is 711. The first-order valence-corrected chi connectivity index (χ1v) is 8.52. The zero-order valence-electron chi connectivity index (χ0n) is 15.3. The molecular weight excluding hydrogens is 318 g/mol. The van der Waals surface area contributed by atoms with Crippen molar-refractivity contribution in [2.24, 2.45) is 0 Å². The normalized spacial score (nSPS) is 13.3. The third-order valence-corrected chi connectivity index (χ3v) is 4.05. The first-order chi connectivity index (χ1) is 11.9. The Balaban J connectivity index is 1.93.